The highest BCUT2D eigenvalue weighted by Gasteiger charge is 2.18. The fourth-order valence-electron chi connectivity index (χ4n) is 4.10. The Morgan fingerprint density at radius 3 is 2.45 bits per heavy atom. The van der Waals surface area contributed by atoms with Gasteiger partial charge in [0, 0.05) is 22.8 Å². The number of hydrogen-bond donors (Lipinski definition) is 1. The first kappa shape index (κ1) is 25.8. The van der Waals surface area contributed by atoms with Crippen molar-refractivity contribution >= 4 is 29.3 Å². The number of aromatic nitrogens is 3. The molecule has 10 heteroatoms. The highest BCUT2D eigenvalue weighted by Crippen LogP contribution is 2.33. The van der Waals surface area contributed by atoms with E-state index in [2.05, 4.69) is 15.5 Å². The number of amides is 1. The SMILES string of the molecule is O=C(CSc1nnc(-c2ccc(Cl)cc2)n1-c1ccc(Oc2ccccc2)cc1)NCc1ccc2c(c1)OCO2. The second kappa shape index (κ2) is 11.7. The predicted octanol–water partition coefficient (Wildman–Crippen LogP) is 6.52. The quantitative estimate of drug-likeness (QED) is 0.202. The molecular formula is C30H23ClN4O4S. The van der Waals surface area contributed by atoms with Crippen molar-refractivity contribution in [3.63, 3.8) is 0 Å². The lowest BCUT2D eigenvalue weighted by Gasteiger charge is -2.12. The first-order valence-electron chi connectivity index (χ1n) is 12.4. The van der Waals surface area contributed by atoms with Crippen LogP contribution in [-0.4, -0.2) is 33.2 Å². The van der Waals surface area contributed by atoms with Crippen LogP contribution in [0.5, 0.6) is 23.0 Å². The Morgan fingerprint density at radius 2 is 1.65 bits per heavy atom. The summed E-state index contributed by atoms with van der Waals surface area (Å²) in [5, 5.41) is 13.0. The second-order valence-electron chi connectivity index (χ2n) is 8.81. The molecule has 40 heavy (non-hydrogen) atoms. The number of carbonyl (C=O) groups excluding carboxylic acids is 1. The van der Waals surface area contributed by atoms with Gasteiger partial charge in [-0.05, 0) is 78.4 Å². The van der Waals surface area contributed by atoms with Crippen molar-refractivity contribution in [2.24, 2.45) is 0 Å². The Morgan fingerprint density at radius 1 is 0.900 bits per heavy atom. The van der Waals surface area contributed by atoms with Gasteiger partial charge in [0.05, 0.1) is 5.75 Å². The Balaban J connectivity index is 1.19. The minimum atomic E-state index is -0.128. The zero-order chi connectivity index (χ0) is 27.3. The van der Waals surface area contributed by atoms with Crippen molar-refractivity contribution in [3.8, 4) is 40.1 Å². The van der Waals surface area contributed by atoms with E-state index in [1.54, 1.807) is 0 Å². The maximum atomic E-state index is 12.7. The average Bonchev–Trinajstić information content (AvgIpc) is 3.63. The Hall–Kier alpha value is -4.47. The number of ether oxygens (including phenoxy) is 3. The van der Waals surface area contributed by atoms with E-state index >= 15 is 0 Å². The van der Waals surface area contributed by atoms with E-state index < -0.39 is 0 Å². The molecule has 1 aliphatic rings. The predicted molar refractivity (Wildman–Crippen MR) is 153 cm³/mol. The smallest absolute Gasteiger partial charge is 0.231 e. The van der Waals surface area contributed by atoms with Gasteiger partial charge in [-0.3, -0.25) is 9.36 Å². The van der Waals surface area contributed by atoms with Crippen LogP contribution in [0.4, 0.5) is 0 Å². The topological polar surface area (TPSA) is 87.5 Å². The Kier molecular flexibility index (Phi) is 7.56. The Labute approximate surface area is 239 Å². The lowest BCUT2D eigenvalue weighted by Crippen LogP contribution is -2.24. The molecule has 0 fully saturated rings. The monoisotopic (exact) mass is 570 g/mol. The van der Waals surface area contributed by atoms with Crippen LogP contribution in [0.15, 0.2) is 102 Å². The molecule has 5 aromatic rings. The molecule has 0 saturated heterocycles. The summed E-state index contributed by atoms with van der Waals surface area (Å²) in [6.07, 6.45) is 0. The molecule has 1 N–H and O–H groups in total. The minimum Gasteiger partial charge on any atom is -0.457 e. The molecule has 0 unspecified atom stereocenters. The van der Waals surface area contributed by atoms with Crippen LogP contribution in [0.2, 0.25) is 5.02 Å². The number of hydrogen-bond acceptors (Lipinski definition) is 7. The van der Waals surface area contributed by atoms with Crippen LogP contribution in [-0.2, 0) is 11.3 Å². The molecule has 0 aliphatic carbocycles. The van der Waals surface area contributed by atoms with Crippen molar-refractivity contribution in [2.75, 3.05) is 12.5 Å². The fraction of sp³-hybridized carbons (Fsp3) is 0.100. The zero-order valence-corrected chi connectivity index (χ0v) is 22.7. The van der Waals surface area contributed by atoms with Gasteiger partial charge in [-0.25, -0.2) is 0 Å². The molecule has 8 nitrogen and oxygen atoms in total. The van der Waals surface area contributed by atoms with Gasteiger partial charge in [-0.2, -0.15) is 0 Å². The van der Waals surface area contributed by atoms with Gasteiger partial charge >= 0.3 is 0 Å². The molecule has 1 aliphatic heterocycles. The Bertz CT molecular complexity index is 1630. The van der Waals surface area contributed by atoms with E-state index in [1.165, 1.54) is 11.8 Å². The number of benzene rings is 4. The number of halogens is 1. The molecule has 0 saturated carbocycles. The van der Waals surface area contributed by atoms with Gasteiger partial charge < -0.3 is 19.5 Å². The first-order valence-corrected chi connectivity index (χ1v) is 13.8. The summed E-state index contributed by atoms with van der Waals surface area (Å²) in [5.74, 6) is 3.52. The molecule has 4 aromatic carbocycles. The number of rotatable bonds is 9. The molecule has 6 rings (SSSR count). The summed E-state index contributed by atoms with van der Waals surface area (Å²) in [6, 6.07) is 30.3. The highest BCUT2D eigenvalue weighted by molar-refractivity contribution is 7.99. The van der Waals surface area contributed by atoms with Crippen LogP contribution in [0, 0.1) is 0 Å². The summed E-state index contributed by atoms with van der Waals surface area (Å²) < 4.78 is 18.6. The van der Waals surface area contributed by atoms with Crippen molar-refractivity contribution in [1.29, 1.82) is 0 Å². The highest BCUT2D eigenvalue weighted by atomic mass is 35.5. The van der Waals surface area contributed by atoms with Gasteiger partial charge in [-0.15, -0.1) is 10.2 Å². The molecule has 0 radical (unpaired) electrons. The minimum absolute atomic E-state index is 0.128. The van der Waals surface area contributed by atoms with Gasteiger partial charge in [0.15, 0.2) is 22.5 Å². The third kappa shape index (κ3) is 5.90. The van der Waals surface area contributed by atoms with Crippen LogP contribution < -0.4 is 19.5 Å². The van der Waals surface area contributed by atoms with Crippen molar-refractivity contribution < 1.29 is 19.0 Å². The van der Waals surface area contributed by atoms with Crippen LogP contribution in [0.1, 0.15) is 5.56 Å². The lowest BCUT2D eigenvalue weighted by molar-refractivity contribution is -0.118. The van der Waals surface area contributed by atoms with E-state index in [4.69, 9.17) is 25.8 Å². The molecule has 1 aromatic heterocycles. The molecule has 0 bridgehead atoms. The second-order valence-corrected chi connectivity index (χ2v) is 10.2. The number of nitrogens with one attached hydrogen (secondary N) is 1. The average molecular weight is 571 g/mol. The number of thioether (sulfide) groups is 1. The maximum absolute atomic E-state index is 12.7. The molecule has 1 amide bonds. The van der Waals surface area contributed by atoms with Gasteiger partial charge in [0.2, 0.25) is 12.7 Å². The maximum Gasteiger partial charge on any atom is 0.231 e. The van der Waals surface area contributed by atoms with Crippen LogP contribution in [0.25, 0.3) is 17.1 Å². The van der Waals surface area contributed by atoms with Crippen LogP contribution >= 0.6 is 23.4 Å². The normalized spacial score (nSPS) is 11.8. The van der Waals surface area contributed by atoms with Crippen molar-refractivity contribution in [2.45, 2.75) is 11.7 Å². The third-order valence-corrected chi connectivity index (χ3v) is 7.25. The molecule has 200 valence electrons. The van der Waals surface area contributed by atoms with E-state index in [-0.39, 0.29) is 18.5 Å². The summed E-state index contributed by atoms with van der Waals surface area (Å²) in [7, 11) is 0. The molecule has 0 atom stereocenters. The zero-order valence-electron chi connectivity index (χ0n) is 21.1. The van der Waals surface area contributed by atoms with E-state index in [1.807, 2.05) is 102 Å². The van der Waals surface area contributed by atoms with E-state index in [0.29, 0.717) is 39.8 Å². The summed E-state index contributed by atoms with van der Waals surface area (Å²) in [6.45, 7) is 0.588. The summed E-state index contributed by atoms with van der Waals surface area (Å²) >= 11 is 7.42. The number of fused-ring (bicyclic) bond motifs is 1. The first-order chi connectivity index (χ1) is 19.6. The summed E-state index contributed by atoms with van der Waals surface area (Å²) in [5.41, 5.74) is 2.60. The largest absolute Gasteiger partial charge is 0.457 e. The lowest BCUT2D eigenvalue weighted by atomic mass is 10.2. The molecule has 2 heterocycles. The van der Waals surface area contributed by atoms with E-state index in [0.717, 1.165) is 22.6 Å². The fourth-order valence-corrected chi connectivity index (χ4v) is 5.01. The number of carbonyl (C=O) groups is 1. The van der Waals surface area contributed by atoms with Gasteiger partial charge in [0.25, 0.3) is 0 Å². The molecular weight excluding hydrogens is 548 g/mol. The van der Waals surface area contributed by atoms with Gasteiger partial charge in [0.1, 0.15) is 11.5 Å². The van der Waals surface area contributed by atoms with Crippen molar-refractivity contribution in [1.82, 2.24) is 20.1 Å². The standard InChI is InChI=1S/C30H23ClN4O4S/c31-22-9-7-21(8-10-22)29-33-34-30(35(29)23-11-13-25(14-12-23)39-24-4-2-1-3-5-24)40-18-28(36)32-17-20-6-15-26-27(16-20)38-19-37-26/h1-16H,17-19H2,(H,32,36). The van der Waals surface area contributed by atoms with Gasteiger partial charge in [-0.1, -0.05) is 47.6 Å². The van der Waals surface area contributed by atoms with Crippen LogP contribution in [0.3, 0.4) is 0 Å². The number of para-hydroxylation sites is 1. The molecule has 0 spiro atoms. The number of nitrogens with zero attached hydrogens (tertiary/aromatic N) is 3. The third-order valence-electron chi connectivity index (χ3n) is 6.07. The van der Waals surface area contributed by atoms with Crippen molar-refractivity contribution in [3.05, 3.63) is 108 Å². The van der Waals surface area contributed by atoms with E-state index in [9.17, 15) is 4.79 Å². The summed E-state index contributed by atoms with van der Waals surface area (Å²) in [4.78, 5) is 12.7.